The van der Waals surface area contributed by atoms with Gasteiger partial charge in [0.15, 0.2) is 0 Å². The van der Waals surface area contributed by atoms with Gasteiger partial charge in [-0.15, -0.1) is 0 Å². The van der Waals surface area contributed by atoms with Gasteiger partial charge in [0.1, 0.15) is 0 Å². The van der Waals surface area contributed by atoms with Crippen molar-refractivity contribution in [2.45, 2.75) is 11.4 Å². The lowest BCUT2D eigenvalue weighted by atomic mass is 10.2. The van der Waals surface area contributed by atoms with Gasteiger partial charge < -0.3 is 10.1 Å². The summed E-state index contributed by atoms with van der Waals surface area (Å²) in [5.41, 5.74) is 1.03. The van der Waals surface area contributed by atoms with E-state index in [1.807, 2.05) is 12.1 Å². The lowest BCUT2D eigenvalue weighted by Crippen LogP contribution is -2.42. The third-order valence-electron chi connectivity index (χ3n) is 3.83. The Hall–Kier alpha value is -0.990. The van der Waals surface area contributed by atoms with Gasteiger partial charge in [-0.2, -0.15) is 4.31 Å². The lowest BCUT2D eigenvalue weighted by Gasteiger charge is -2.27. The van der Waals surface area contributed by atoms with E-state index in [-0.39, 0.29) is 0 Å². The molecule has 1 N–H and O–H groups in total. The van der Waals surface area contributed by atoms with Crippen LogP contribution < -0.4 is 5.32 Å². The Kier molecular flexibility index (Phi) is 6.34. The molecular weight excluding hydrogens is 302 g/mol. The zero-order valence-electron chi connectivity index (χ0n) is 13.3. The molecule has 22 heavy (non-hydrogen) atoms. The Bertz CT molecular complexity index is 571. The summed E-state index contributed by atoms with van der Waals surface area (Å²) in [7, 11) is -0.307. The zero-order chi connectivity index (χ0) is 16.0. The molecule has 6 nitrogen and oxygen atoms in total. The van der Waals surface area contributed by atoms with Gasteiger partial charge in [0.2, 0.25) is 10.0 Å². The molecular formula is C15H25N3O3S. The molecule has 1 aromatic carbocycles. The molecule has 1 heterocycles. The van der Waals surface area contributed by atoms with Crippen molar-refractivity contribution in [1.82, 2.24) is 14.5 Å². The number of benzene rings is 1. The molecule has 1 saturated heterocycles. The van der Waals surface area contributed by atoms with Gasteiger partial charge in [0.25, 0.3) is 0 Å². The fourth-order valence-corrected chi connectivity index (χ4v) is 3.68. The Morgan fingerprint density at radius 1 is 1.32 bits per heavy atom. The smallest absolute Gasteiger partial charge is 0.242 e. The molecule has 0 aliphatic carbocycles. The monoisotopic (exact) mass is 327 g/mol. The average Bonchev–Trinajstić information content (AvgIpc) is 2.53. The molecule has 2 rings (SSSR count). The van der Waals surface area contributed by atoms with E-state index < -0.39 is 10.0 Å². The van der Waals surface area contributed by atoms with E-state index in [1.165, 1.54) is 4.31 Å². The van der Waals surface area contributed by atoms with Crippen molar-refractivity contribution in [2.75, 3.05) is 53.5 Å². The molecule has 7 heteroatoms. The second kappa shape index (κ2) is 8.03. The number of ether oxygens (including phenoxy) is 1. The molecule has 1 aliphatic heterocycles. The molecule has 1 fully saturated rings. The molecule has 0 saturated carbocycles. The van der Waals surface area contributed by atoms with E-state index in [0.717, 1.165) is 38.3 Å². The first kappa shape index (κ1) is 17.4. The normalized spacial score (nSPS) is 17.0. The summed E-state index contributed by atoms with van der Waals surface area (Å²) in [6, 6.07) is 7.23. The van der Waals surface area contributed by atoms with E-state index in [1.54, 1.807) is 26.3 Å². The molecule has 1 aromatic rings. The predicted molar refractivity (Wildman–Crippen MR) is 86.3 cm³/mol. The number of hydrogen-bond donors (Lipinski definition) is 1. The highest BCUT2D eigenvalue weighted by Crippen LogP contribution is 2.17. The van der Waals surface area contributed by atoms with Crippen LogP contribution in [0, 0.1) is 0 Å². The fourth-order valence-electron chi connectivity index (χ4n) is 2.45. The molecule has 0 radical (unpaired) electrons. The minimum absolute atomic E-state index is 0.346. The second-order valence-electron chi connectivity index (χ2n) is 5.49. The Morgan fingerprint density at radius 3 is 2.73 bits per heavy atom. The Morgan fingerprint density at radius 2 is 2.05 bits per heavy atom. The van der Waals surface area contributed by atoms with Crippen molar-refractivity contribution >= 4 is 10.0 Å². The third-order valence-corrected chi connectivity index (χ3v) is 5.69. The number of rotatable bonds is 7. The highest BCUT2D eigenvalue weighted by molar-refractivity contribution is 7.89. The van der Waals surface area contributed by atoms with E-state index in [4.69, 9.17) is 4.74 Å². The Balaban J connectivity index is 2.09. The van der Waals surface area contributed by atoms with Crippen LogP contribution in [-0.2, 0) is 21.3 Å². The van der Waals surface area contributed by atoms with E-state index in [2.05, 4.69) is 10.2 Å². The van der Waals surface area contributed by atoms with Crippen molar-refractivity contribution in [3.63, 3.8) is 0 Å². The Labute approximate surface area is 133 Å². The van der Waals surface area contributed by atoms with Crippen molar-refractivity contribution in [3.05, 3.63) is 29.8 Å². The van der Waals surface area contributed by atoms with Gasteiger partial charge in [-0.25, -0.2) is 8.42 Å². The fraction of sp³-hybridized carbons (Fsp3) is 0.600. The molecule has 124 valence electrons. The SMILES string of the molecule is COCCN(C)S(=O)(=O)c1cccc(CN2CCNCC2)c1. The standard InChI is InChI=1S/C15H25N3O3S/c1-17(10-11-21-2)22(19,20)15-5-3-4-14(12-15)13-18-8-6-16-7-9-18/h3-5,12,16H,6-11,13H2,1-2H3. The third kappa shape index (κ3) is 4.50. The second-order valence-corrected chi connectivity index (χ2v) is 7.54. The van der Waals surface area contributed by atoms with Gasteiger partial charge >= 0.3 is 0 Å². The summed E-state index contributed by atoms with van der Waals surface area (Å²) in [5.74, 6) is 0. The van der Waals surface area contributed by atoms with Crippen molar-refractivity contribution in [3.8, 4) is 0 Å². The molecule has 0 amide bonds. The molecule has 0 bridgehead atoms. The minimum Gasteiger partial charge on any atom is -0.383 e. The van der Waals surface area contributed by atoms with E-state index >= 15 is 0 Å². The van der Waals surface area contributed by atoms with Crippen molar-refractivity contribution in [2.24, 2.45) is 0 Å². The number of piperazine rings is 1. The number of methoxy groups -OCH3 is 1. The number of nitrogens with one attached hydrogen (secondary N) is 1. The van der Waals surface area contributed by atoms with Crippen LogP contribution in [0.4, 0.5) is 0 Å². The van der Waals surface area contributed by atoms with Crippen LogP contribution >= 0.6 is 0 Å². The van der Waals surface area contributed by atoms with Crippen molar-refractivity contribution in [1.29, 1.82) is 0 Å². The number of likely N-dealkylation sites (N-methyl/N-ethyl adjacent to an activating group) is 1. The van der Waals surface area contributed by atoms with Crippen LogP contribution in [0.3, 0.4) is 0 Å². The van der Waals surface area contributed by atoms with E-state index in [0.29, 0.717) is 18.0 Å². The van der Waals surface area contributed by atoms with Crippen LogP contribution in [0.1, 0.15) is 5.56 Å². The van der Waals surface area contributed by atoms with Crippen LogP contribution in [0.5, 0.6) is 0 Å². The molecule has 0 aromatic heterocycles. The van der Waals surface area contributed by atoms with Gasteiger partial charge in [-0.3, -0.25) is 4.90 Å². The van der Waals surface area contributed by atoms with Gasteiger partial charge in [0.05, 0.1) is 11.5 Å². The maximum Gasteiger partial charge on any atom is 0.242 e. The summed E-state index contributed by atoms with van der Waals surface area (Å²) >= 11 is 0. The zero-order valence-corrected chi connectivity index (χ0v) is 14.1. The highest BCUT2D eigenvalue weighted by Gasteiger charge is 2.21. The molecule has 0 atom stereocenters. The predicted octanol–water partition coefficient (Wildman–Crippen LogP) is 0.359. The summed E-state index contributed by atoms with van der Waals surface area (Å²) in [6.45, 7) is 5.47. The largest absolute Gasteiger partial charge is 0.383 e. The van der Waals surface area contributed by atoms with Gasteiger partial charge in [-0.1, -0.05) is 12.1 Å². The lowest BCUT2D eigenvalue weighted by molar-refractivity contribution is 0.185. The van der Waals surface area contributed by atoms with Crippen LogP contribution in [-0.4, -0.2) is 71.1 Å². The molecule has 0 spiro atoms. The van der Waals surface area contributed by atoms with Gasteiger partial charge in [-0.05, 0) is 17.7 Å². The first-order chi connectivity index (χ1) is 10.5. The maximum absolute atomic E-state index is 12.5. The van der Waals surface area contributed by atoms with Crippen LogP contribution in [0.15, 0.2) is 29.2 Å². The first-order valence-electron chi connectivity index (χ1n) is 7.51. The van der Waals surface area contributed by atoms with Crippen molar-refractivity contribution < 1.29 is 13.2 Å². The van der Waals surface area contributed by atoms with E-state index in [9.17, 15) is 8.42 Å². The molecule has 1 aliphatic rings. The number of nitrogens with zero attached hydrogens (tertiary/aromatic N) is 2. The number of hydrogen-bond acceptors (Lipinski definition) is 5. The summed E-state index contributed by atoms with van der Waals surface area (Å²) in [4.78, 5) is 2.68. The summed E-state index contributed by atoms with van der Waals surface area (Å²) in [5, 5.41) is 3.31. The highest BCUT2D eigenvalue weighted by atomic mass is 32.2. The summed E-state index contributed by atoms with van der Waals surface area (Å²) in [6.07, 6.45) is 0. The first-order valence-corrected chi connectivity index (χ1v) is 8.95. The maximum atomic E-state index is 12.5. The van der Waals surface area contributed by atoms with Crippen LogP contribution in [0.25, 0.3) is 0 Å². The van der Waals surface area contributed by atoms with Crippen LogP contribution in [0.2, 0.25) is 0 Å². The quantitative estimate of drug-likeness (QED) is 0.783. The number of sulfonamides is 1. The average molecular weight is 327 g/mol. The molecule has 0 unspecified atom stereocenters. The summed E-state index contributed by atoms with van der Waals surface area (Å²) < 4.78 is 31.3. The topological polar surface area (TPSA) is 61.9 Å². The van der Waals surface area contributed by atoms with Gasteiger partial charge in [0, 0.05) is 53.4 Å². The minimum atomic E-state index is -3.45.